The van der Waals surface area contributed by atoms with Gasteiger partial charge in [-0.3, -0.25) is 14.7 Å². The monoisotopic (exact) mass is 264 g/mol. The molecule has 0 saturated heterocycles. The maximum Gasteiger partial charge on any atom is 0.335 e. The van der Waals surface area contributed by atoms with Crippen LogP contribution in [0.1, 0.15) is 15.9 Å². The molecule has 0 bridgehead atoms. The number of carboxylic acid groups (broad SMARTS) is 1. The number of carbonyl (C=O) groups is 1. The maximum atomic E-state index is 13.6. The number of aromatic amines is 1. The lowest BCUT2D eigenvalue weighted by Crippen LogP contribution is -2.28. The molecule has 1 aromatic carbocycles. The first kappa shape index (κ1) is 12.7. The van der Waals surface area contributed by atoms with E-state index in [9.17, 15) is 18.8 Å². The van der Waals surface area contributed by atoms with E-state index in [1.807, 2.05) is 0 Å². The van der Waals surface area contributed by atoms with Crippen LogP contribution in [-0.2, 0) is 6.54 Å². The Bertz CT molecular complexity index is 748. The summed E-state index contributed by atoms with van der Waals surface area (Å²) in [6, 6.07) is 5.36. The highest BCUT2D eigenvalue weighted by atomic mass is 19.1. The lowest BCUT2D eigenvalue weighted by molar-refractivity contribution is 0.0696. The molecular formula is C12H9FN2O4. The largest absolute Gasteiger partial charge is 0.478 e. The minimum absolute atomic E-state index is 0.00356. The van der Waals surface area contributed by atoms with Gasteiger partial charge in [0, 0.05) is 17.7 Å². The van der Waals surface area contributed by atoms with Crippen molar-refractivity contribution in [1.82, 2.24) is 9.78 Å². The van der Waals surface area contributed by atoms with E-state index >= 15 is 0 Å². The molecule has 6 nitrogen and oxygen atoms in total. The summed E-state index contributed by atoms with van der Waals surface area (Å²) in [4.78, 5) is 33.3. The lowest BCUT2D eigenvalue weighted by atomic mass is 10.1. The maximum absolute atomic E-state index is 13.6. The molecule has 0 radical (unpaired) electrons. The van der Waals surface area contributed by atoms with Crippen LogP contribution < -0.4 is 11.1 Å². The van der Waals surface area contributed by atoms with Crippen molar-refractivity contribution in [3.8, 4) is 0 Å². The molecule has 7 heteroatoms. The molecule has 0 saturated carbocycles. The van der Waals surface area contributed by atoms with Crippen LogP contribution in [0, 0.1) is 5.82 Å². The zero-order chi connectivity index (χ0) is 14.0. The first-order valence-electron chi connectivity index (χ1n) is 5.29. The van der Waals surface area contributed by atoms with Gasteiger partial charge in [0.15, 0.2) is 0 Å². The van der Waals surface area contributed by atoms with Gasteiger partial charge in [0.05, 0.1) is 12.1 Å². The van der Waals surface area contributed by atoms with Crippen LogP contribution in [0.15, 0.2) is 39.9 Å². The molecule has 19 heavy (non-hydrogen) atoms. The minimum Gasteiger partial charge on any atom is -0.478 e. The van der Waals surface area contributed by atoms with Gasteiger partial charge >= 0.3 is 5.97 Å². The fraction of sp³-hybridized carbons (Fsp3) is 0.0833. The average molecular weight is 264 g/mol. The van der Waals surface area contributed by atoms with Crippen molar-refractivity contribution in [2.75, 3.05) is 0 Å². The number of aromatic carboxylic acids is 1. The van der Waals surface area contributed by atoms with Gasteiger partial charge in [-0.25, -0.2) is 13.9 Å². The number of halogens is 1. The second-order valence-electron chi connectivity index (χ2n) is 3.85. The van der Waals surface area contributed by atoms with Crippen molar-refractivity contribution in [2.45, 2.75) is 6.54 Å². The Morgan fingerprint density at radius 1 is 1.26 bits per heavy atom. The molecule has 0 amide bonds. The summed E-state index contributed by atoms with van der Waals surface area (Å²) < 4.78 is 14.5. The minimum atomic E-state index is -1.20. The second kappa shape index (κ2) is 4.89. The summed E-state index contributed by atoms with van der Waals surface area (Å²) in [5.74, 6) is -1.85. The van der Waals surface area contributed by atoms with E-state index in [1.165, 1.54) is 0 Å². The molecule has 1 aromatic heterocycles. The molecule has 1 heterocycles. The van der Waals surface area contributed by atoms with E-state index in [4.69, 9.17) is 5.11 Å². The van der Waals surface area contributed by atoms with Gasteiger partial charge in [-0.15, -0.1) is 0 Å². The van der Waals surface area contributed by atoms with Gasteiger partial charge in [0.25, 0.3) is 11.1 Å². The second-order valence-corrected chi connectivity index (χ2v) is 3.85. The van der Waals surface area contributed by atoms with Gasteiger partial charge in [-0.2, -0.15) is 0 Å². The van der Waals surface area contributed by atoms with Gasteiger partial charge in [-0.1, -0.05) is 0 Å². The van der Waals surface area contributed by atoms with Crippen molar-refractivity contribution < 1.29 is 14.3 Å². The third-order valence-electron chi connectivity index (χ3n) is 2.51. The highest BCUT2D eigenvalue weighted by molar-refractivity contribution is 5.87. The summed E-state index contributed by atoms with van der Waals surface area (Å²) in [6.07, 6.45) is 0. The van der Waals surface area contributed by atoms with E-state index in [-0.39, 0.29) is 17.7 Å². The summed E-state index contributed by atoms with van der Waals surface area (Å²) in [7, 11) is 0. The first-order chi connectivity index (χ1) is 8.97. The van der Waals surface area contributed by atoms with E-state index in [0.29, 0.717) is 0 Å². The molecule has 0 fully saturated rings. The van der Waals surface area contributed by atoms with Gasteiger partial charge in [-0.05, 0) is 18.2 Å². The van der Waals surface area contributed by atoms with Crippen LogP contribution in [0.2, 0.25) is 0 Å². The lowest BCUT2D eigenvalue weighted by Gasteiger charge is -2.07. The number of nitrogens with zero attached hydrogens (tertiary/aromatic N) is 1. The van der Waals surface area contributed by atoms with Crippen LogP contribution in [0.4, 0.5) is 4.39 Å². The van der Waals surface area contributed by atoms with Gasteiger partial charge < -0.3 is 5.11 Å². The van der Waals surface area contributed by atoms with Crippen LogP contribution in [-0.4, -0.2) is 20.9 Å². The Morgan fingerprint density at radius 3 is 2.68 bits per heavy atom. The topological polar surface area (TPSA) is 92.2 Å². The molecule has 0 unspecified atom stereocenters. The van der Waals surface area contributed by atoms with E-state index in [2.05, 4.69) is 5.10 Å². The first-order valence-corrected chi connectivity index (χ1v) is 5.29. The van der Waals surface area contributed by atoms with Gasteiger partial charge in [0.2, 0.25) is 0 Å². The van der Waals surface area contributed by atoms with Crippen molar-refractivity contribution in [3.05, 3.63) is 68.0 Å². The Balaban J connectivity index is 2.45. The smallest absolute Gasteiger partial charge is 0.335 e. The highest BCUT2D eigenvalue weighted by Gasteiger charge is 2.09. The quantitative estimate of drug-likeness (QED) is 0.840. The molecule has 0 aliphatic carbocycles. The molecule has 2 aromatic rings. The molecule has 0 atom stereocenters. The number of nitrogens with one attached hydrogen (secondary N) is 1. The fourth-order valence-corrected chi connectivity index (χ4v) is 1.58. The Morgan fingerprint density at radius 2 is 2.00 bits per heavy atom. The summed E-state index contributed by atoms with van der Waals surface area (Å²) in [5.41, 5.74) is -1.11. The number of hydrogen-bond donors (Lipinski definition) is 2. The summed E-state index contributed by atoms with van der Waals surface area (Å²) in [5, 5.41) is 11.1. The molecule has 2 N–H and O–H groups in total. The predicted octanol–water partition coefficient (Wildman–Crippen LogP) is 0.422. The standard InChI is InChI=1S/C12H9FN2O4/c13-9-2-1-7(12(18)19)5-8(9)6-15-11(17)4-3-10(16)14-15/h1-5H,6H2,(H,14,16)(H,18,19). The zero-order valence-electron chi connectivity index (χ0n) is 9.59. The number of H-pyrrole nitrogens is 1. The molecule has 0 spiro atoms. The average Bonchev–Trinajstić information content (AvgIpc) is 2.36. The summed E-state index contributed by atoms with van der Waals surface area (Å²) in [6.45, 7) is -0.248. The van der Waals surface area contributed by atoms with E-state index in [0.717, 1.165) is 35.0 Å². The normalized spacial score (nSPS) is 10.4. The molecule has 0 aliphatic rings. The van der Waals surface area contributed by atoms with E-state index in [1.54, 1.807) is 0 Å². The Hall–Kier alpha value is -2.70. The van der Waals surface area contributed by atoms with Crippen LogP contribution in [0.25, 0.3) is 0 Å². The van der Waals surface area contributed by atoms with E-state index < -0.39 is 22.9 Å². The number of benzene rings is 1. The zero-order valence-corrected chi connectivity index (χ0v) is 9.59. The molecule has 0 aliphatic heterocycles. The van der Waals surface area contributed by atoms with Crippen LogP contribution in [0.3, 0.4) is 0 Å². The van der Waals surface area contributed by atoms with Crippen LogP contribution >= 0.6 is 0 Å². The Labute approximate surface area is 105 Å². The SMILES string of the molecule is O=C(O)c1ccc(F)c(Cn2[nH]c(=O)ccc2=O)c1. The van der Waals surface area contributed by atoms with Crippen molar-refractivity contribution in [2.24, 2.45) is 0 Å². The Kier molecular flexibility index (Phi) is 3.28. The van der Waals surface area contributed by atoms with Crippen molar-refractivity contribution in [3.63, 3.8) is 0 Å². The third kappa shape index (κ3) is 2.76. The molecular weight excluding hydrogens is 255 g/mol. The fourth-order valence-electron chi connectivity index (χ4n) is 1.58. The predicted molar refractivity (Wildman–Crippen MR) is 63.8 cm³/mol. The highest BCUT2D eigenvalue weighted by Crippen LogP contribution is 2.11. The number of hydrogen-bond acceptors (Lipinski definition) is 3. The van der Waals surface area contributed by atoms with Crippen molar-refractivity contribution in [1.29, 1.82) is 0 Å². The summed E-state index contributed by atoms with van der Waals surface area (Å²) >= 11 is 0. The van der Waals surface area contributed by atoms with Crippen molar-refractivity contribution >= 4 is 5.97 Å². The molecule has 98 valence electrons. The van der Waals surface area contributed by atoms with Crippen LogP contribution in [0.5, 0.6) is 0 Å². The number of aromatic nitrogens is 2. The number of rotatable bonds is 3. The number of carboxylic acids is 1. The van der Waals surface area contributed by atoms with Gasteiger partial charge in [0.1, 0.15) is 5.82 Å². The third-order valence-corrected chi connectivity index (χ3v) is 2.51. The molecule has 2 rings (SSSR count).